The van der Waals surface area contributed by atoms with Gasteiger partial charge in [-0.15, -0.1) is 0 Å². The maximum Gasteiger partial charge on any atom is 0.409 e. The van der Waals surface area contributed by atoms with Crippen LogP contribution >= 0.6 is 0 Å². The maximum absolute atomic E-state index is 14.9. The normalized spacial score (nSPS) is 17.2. The van der Waals surface area contributed by atoms with Crippen LogP contribution in [0.15, 0.2) is 47.9 Å². The topological polar surface area (TPSA) is 115 Å². The fourth-order valence-corrected chi connectivity index (χ4v) is 5.02. The number of ether oxygens (including phenoxy) is 2. The third-order valence-electron chi connectivity index (χ3n) is 6.40. The lowest BCUT2D eigenvalue weighted by Gasteiger charge is -2.34. The lowest BCUT2D eigenvalue weighted by atomic mass is 10.0. The van der Waals surface area contributed by atoms with Gasteiger partial charge in [-0.2, -0.15) is 9.78 Å². The summed E-state index contributed by atoms with van der Waals surface area (Å²) in [6.45, 7) is 4.46. The Bertz CT molecular complexity index is 1560. The van der Waals surface area contributed by atoms with Crippen molar-refractivity contribution < 1.29 is 27.1 Å². The number of alkyl halides is 1. The van der Waals surface area contributed by atoms with E-state index >= 15 is 0 Å². The molecule has 1 fully saturated rings. The zero-order chi connectivity index (χ0) is 28.2. The van der Waals surface area contributed by atoms with Gasteiger partial charge in [0.05, 0.1) is 55.3 Å². The Morgan fingerprint density at radius 3 is 2.74 bits per heavy atom. The molecule has 0 aliphatic carbocycles. The SMILES string of the molecule is C=Cc1c2cccc(N[C@@H]3CCN(C(=O)OC)C[C@@H]3F)c2nn1C#CCNc1ccc(S(C)(=O)=O)cc1OC. The van der Waals surface area contributed by atoms with Gasteiger partial charge >= 0.3 is 6.09 Å². The molecule has 1 aliphatic heterocycles. The van der Waals surface area contributed by atoms with Crippen molar-refractivity contribution in [2.45, 2.75) is 23.5 Å². The van der Waals surface area contributed by atoms with Gasteiger partial charge in [-0.1, -0.05) is 24.6 Å². The number of methoxy groups -OCH3 is 2. The van der Waals surface area contributed by atoms with Gasteiger partial charge in [-0.25, -0.2) is 17.6 Å². The van der Waals surface area contributed by atoms with Gasteiger partial charge in [-0.05, 0) is 30.7 Å². The number of nitrogens with one attached hydrogen (secondary N) is 2. The van der Waals surface area contributed by atoms with Crippen LogP contribution in [0.2, 0.25) is 0 Å². The third kappa shape index (κ3) is 6.09. The summed E-state index contributed by atoms with van der Waals surface area (Å²) in [5, 5.41) is 11.8. The number of halogens is 1. The number of hydrogen-bond acceptors (Lipinski definition) is 8. The molecule has 206 valence electrons. The molecule has 0 unspecified atom stereocenters. The van der Waals surface area contributed by atoms with Crippen LogP contribution in [0.3, 0.4) is 0 Å². The molecule has 1 aromatic heterocycles. The van der Waals surface area contributed by atoms with E-state index in [0.717, 1.165) is 11.6 Å². The minimum absolute atomic E-state index is 0.0487. The standard InChI is InChI=1S/C27H30FN5O5S/c1-5-24-19-8-6-9-23(30-21-12-15-32(17-20(21)28)27(34)38-3)26(19)31-33(24)14-7-13-29-22-11-10-18(39(4,35)36)16-25(22)37-2/h5-6,8-11,16,20-21,29-30H,1,12-13,15,17H2,2-4H3/t20-,21+/m0/s1. The Morgan fingerprint density at radius 2 is 2.08 bits per heavy atom. The van der Waals surface area contributed by atoms with Crippen LogP contribution in [0.4, 0.5) is 20.6 Å². The summed E-state index contributed by atoms with van der Waals surface area (Å²) >= 11 is 0. The molecular weight excluding hydrogens is 525 g/mol. The summed E-state index contributed by atoms with van der Waals surface area (Å²) < 4.78 is 50.0. The first-order chi connectivity index (χ1) is 18.7. The fraction of sp³-hybridized carbons (Fsp3) is 0.333. The number of benzene rings is 2. The first-order valence-electron chi connectivity index (χ1n) is 12.1. The quantitative estimate of drug-likeness (QED) is 0.425. The van der Waals surface area contributed by atoms with Gasteiger partial charge in [0.15, 0.2) is 9.84 Å². The molecule has 0 spiro atoms. The molecule has 2 atom stereocenters. The molecule has 1 aliphatic rings. The summed E-state index contributed by atoms with van der Waals surface area (Å²) in [7, 11) is -0.619. The predicted octanol–water partition coefficient (Wildman–Crippen LogP) is 3.60. The molecule has 1 amide bonds. The molecule has 0 radical (unpaired) electrons. The number of carbonyl (C=O) groups excluding carboxylic acids is 1. The number of carbonyl (C=O) groups is 1. The zero-order valence-corrected chi connectivity index (χ0v) is 22.7. The minimum Gasteiger partial charge on any atom is -0.495 e. The van der Waals surface area contributed by atoms with Crippen LogP contribution in [0.1, 0.15) is 12.1 Å². The van der Waals surface area contributed by atoms with Crippen molar-refractivity contribution in [1.82, 2.24) is 14.7 Å². The van der Waals surface area contributed by atoms with E-state index in [2.05, 4.69) is 34.3 Å². The number of fused-ring (bicyclic) bond motifs is 1. The lowest BCUT2D eigenvalue weighted by molar-refractivity contribution is 0.0872. The molecule has 3 aromatic rings. The summed E-state index contributed by atoms with van der Waals surface area (Å²) in [5.41, 5.74) is 2.56. The molecule has 4 rings (SSSR count). The summed E-state index contributed by atoms with van der Waals surface area (Å²) in [6, 6.07) is 12.6. The van der Waals surface area contributed by atoms with Crippen LogP contribution < -0.4 is 15.4 Å². The molecule has 39 heavy (non-hydrogen) atoms. The fourth-order valence-electron chi connectivity index (χ4n) is 4.39. The average Bonchev–Trinajstić information content (AvgIpc) is 3.29. The van der Waals surface area contributed by atoms with Gasteiger partial charge in [0.25, 0.3) is 0 Å². The third-order valence-corrected chi connectivity index (χ3v) is 7.51. The Balaban J connectivity index is 1.51. The number of rotatable bonds is 7. The summed E-state index contributed by atoms with van der Waals surface area (Å²) in [5.74, 6) is 3.38. The number of likely N-dealkylation sites (tertiary alicyclic amines) is 1. The van der Waals surface area contributed by atoms with Crippen molar-refractivity contribution >= 4 is 44.3 Å². The van der Waals surface area contributed by atoms with Gasteiger partial charge in [0.1, 0.15) is 17.4 Å². The highest BCUT2D eigenvalue weighted by atomic mass is 32.2. The van der Waals surface area contributed by atoms with Crippen LogP contribution in [-0.4, -0.2) is 81.5 Å². The second-order valence-electron chi connectivity index (χ2n) is 8.95. The number of amides is 1. The van der Waals surface area contributed by atoms with E-state index in [1.807, 2.05) is 18.2 Å². The van der Waals surface area contributed by atoms with E-state index in [-0.39, 0.29) is 18.0 Å². The van der Waals surface area contributed by atoms with Gasteiger partial charge in [0, 0.05) is 30.3 Å². The van der Waals surface area contributed by atoms with E-state index in [9.17, 15) is 17.6 Å². The highest BCUT2D eigenvalue weighted by Crippen LogP contribution is 2.29. The van der Waals surface area contributed by atoms with Crippen molar-refractivity contribution in [3.05, 3.63) is 48.7 Å². The van der Waals surface area contributed by atoms with Crippen LogP contribution in [0.5, 0.6) is 5.75 Å². The van der Waals surface area contributed by atoms with Crippen LogP contribution in [-0.2, 0) is 14.6 Å². The Kier molecular flexibility index (Phi) is 8.30. The van der Waals surface area contributed by atoms with Crippen LogP contribution in [0, 0.1) is 12.0 Å². The summed E-state index contributed by atoms with van der Waals surface area (Å²) in [6.07, 6.45) is 1.40. The number of sulfone groups is 1. The maximum atomic E-state index is 14.9. The largest absolute Gasteiger partial charge is 0.495 e. The minimum atomic E-state index is -3.36. The molecule has 2 N–H and O–H groups in total. The zero-order valence-electron chi connectivity index (χ0n) is 21.9. The molecule has 2 heterocycles. The Morgan fingerprint density at radius 1 is 1.28 bits per heavy atom. The molecule has 1 saturated heterocycles. The number of aromatic nitrogens is 2. The van der Waals surface area contributed by atoms with Gasteiger partial charge in [-0.3, -0.25) is 0 Å². The lowest BCUT2D eigenvalue weighted by Crippen LogP contribution is -2.49. The Labute approximate surface area is 226 Å². The van der Waals surface area contributed by atoms with E-state index in [4.69, 9.17) is 9.47 Å². The molecule has 0 bridgehead atoms. The van der Waals surface area contributed by atoms with Crippen molar-refractivity contribution in [2.75, 3.05) is 50.7 Å². The van der Waals surface area contributed by atoms with E-state index in [1.165, 1.54) is 35.9 Å². The van der Waals surface area contributed by atoms with E-state index in [0.29, 0.717) is 41.3 Å². The van der Waals surface area contributed by atoms with Crippen molar-refractivity contribution in [3.63, 3.8) is 0 Å². The van der Waals surface area contributed by atoms with Gasteiger partial charge < -0.3 is 25.0 Å². The van der Waals surface area contributed by atoms with Gasteiger partial charge in [0.2, 0.25) is 0 Å². The Hall–Kier alpha value is -4.24. The highest BCUT2D eigenvalue weighted by Gasteiger charge is 2.32. The van der Waals surface area contributed by atoms with Crippen molar-refractivity contribution in [2.24, 2.45) is 0 Å². The second kappa shape index (κ2) is 11.7. The molecule has 12 heteroatoms. The smallest absolute Gasteiger partial charge is 0.409 e. The second-order valence-corrected chi connectivity index (χ2v) is 11.0. The molecular formula is C27H30FN5O5S. The van der Waals surface area contributed by atoms with E-state index in [1.54, 1.807) is 12.1 Å². The highest BCUT2D eigenvalue weighted by molar-refractivity contribution is 7.90. The summed E-state index contributed by atoms with van der Waals surface area (Å²) in [4.78, 5) is 13.3. The van der Waals surface area contributed by atoms with Crippen LogP contribution in [0.25, 0.3) is 17.0 Å². The number of hydrogen-bond donors (Lipinski definition) is 2. The molecule has 2 aromatic carbocycles. The van der Waals surface area contributed by atoms with Crippen molar-refractivity contribution in [1.29, 1.82) is 0 Å². The van der Waals surface area contributed by atoms with Crippen molar-refractivity contribution in [3.8, 4) is 17.7 Å². The number of nitrogens with zero attached hydrogens (tertiary/aromatic N) is 3. The van der Waals surface area contributed by atoms with E-state index < -0.39 is 28.1 Å². The first-order valence-corrected chi connectivity index (χ1v) is 14.0. The molecule has 10 nitrogen and oxygen atoms in total. The molecule has 0 saturated carbocycles. The monoisotopic (exact) mass is 555 g/mol. The number of piperidine rings is 1. The average molecular weight is 556 g/mol. The first kappa shape index (κ1) is 27.8. The predicted molar refractivity (Wildman–Crippen MR) is 148 cm³/mol. The number of anilines is 2.